The van der Waals surface area contributed by atoms with Gasteiger partial charge in [-0.3, -0.25) is 0 Å². The fourth-order valence-electron chi connectivity index (χ4n) is 2.53. The van der Waals surface area contributed by atoms with Crippen LogP contribution in [0.1, 0.15) is 47.5 Å². The van der Waals surface area contributed by atoms with Gasteiger partial charge in [-0.1, -0.05) is 30.2 Å². The van der Waals surface area contributed by atoms with Crippen LogP contribution in [-0.4, -0.2) is 9.97 Å². The second-order valence-corrected chi connectivity index (χ2v) is 5.48. The Kier molecular flexibility index (Phi) is 4.78. The Bertz CT molecular complexity index is 526. The van der Waals surface area contributed by atoms with Gasteiger partial charge in [-0.25, -0.2) is 4.98 Å². The highest BCUT2D eigenvalue weighted by atomic mass is 14.9. The number of H-pyrrole nitrogens is 1. The van der Waals surface area contributed by atoms with Crippen molar-refractivity contribution in [1.29, 1.82) is 0 Å². The minimum absolute atomic E-state index is 1.02. The van der Waals surface area contributed by atoms with Crippen LogP contribution < -0.4 is 0 Å². The lowest BCUT2D eigenvalue weighted by Crippen LogP contribution is -1.92. The van der Waals surface area contributed by atoms with Gasteiger partial charge in [-0.05, 0) is 57.6 Å². The molecule has 0 unspecified atom stereocenters. The molecule has 0 fully saturated rings. The maximum absolute atomic E-state index is 4.23. The van der Waals surface area contributed by atoms with Gasteiger partial charge >= 0.3 is 0 Å². The summed E-state index contributed by atoms with van der Waals surface area (Å²) in [6.07, 6.45) is 8.08. The Balaban J connectivity index is 1.69. The van der Waals surface area contributed by atoms with Crippen LogP contribution in [0.25, 0.3) is 0 Å². The van der Waals surface area contributed by atoms with Crippen LogP contribution in [0.2, 0.25) is 0 Å². The predicted octanol–water partition coefficient (Wildman–Crippen LogP) is 4.29. The molecular weight excluding hydrogens is 232 g/mol. The van der Waals surface area contributed by atoms with Crippen molar-refractivity contribution >= 4 is 0 Å². The van der Waals surface area contributed by atoms with Crippen LogP contribution >= 0.6 is 0 Å². The molecule has 1 N–H and O–H groups in total. The van der Waals surface area contributed by atoms with E-state index in [0.717, 1.165) is 12.2 Å². The van der Waals surface area contributed by atoms with E-state index in [1.54, 1.807) is 0 Å². The van der Waals surface area contributed by atoms with Crippen molar-refractivity contribution in [2.24, 2.45) is 0 Å². The van der Waals surface area contributed by atoms with Crippen LogP contribution in [0.15, 0.2) is 24.4 Å². The van der Waals surface area contributed by atoms with Gasteiger partial charge in [0.2, 0.25) is 0 Å². The van der Waals surface area contributed by atoms with E-state index in [1.807, 2.05) is 13.1 Å². The molecule has 19 heavy (non-hydrogen) atoms. The van der Waals surface area contributed by atoms with Gasteiger partial charge in [0.1, 0.15) is 5.82 Å². The number of hydrogen-bond acceptors (Lipinski definition) is 1. The van der Waals surface area contributed by atoms with Gasteiger partial charge in [0, 0.05) is 11.9 Å². The highest BCUT2D eigenvalue weighted by molar-refractivity contribution is 5.30. The van der Waals surface area contributed by atoms with Gasteiger partial charge in [0.15, 0.2) is 0 Å². The molecule has 0 amide bonds. The number of aromatic nitrogens is 2. The standard InChI is InChI=1S/C17H24N2/c1-13-9-10-16(14(2)11-13)7-5-4-6-8-17-12-18-15(3)19-17/h9-12H,4-8H2,1-3H3,(H,18,19). The second kappa shape index (κ2) is 6.55. The number of aromatic amines is 1. The minimum atomic E-state index is 1.02. The fourth-order valence-corrected chi connectivity index (χ4v) is 2.53. The molecule has 0 atom stereocenters. The molecule has 0 saturated carbocycles. The molecule has 2 rings (SSSR count). The lowest BCUT2D eigenvalue weighted by atomic mass is 10.00. The first kappa shape index (κ1) is 13.9. The molecule has 2 aromatic rings. The van der Waals surface area contributed by atoms with Gasteiger partial charge in [0.05, 0.1) is 0 Å². The molecule has 0 bridgehead atoms. The van der Waals surface area contributed by atoms with Crippen molar-refractivity contribution in [1.82, 2.24) is 9.97 Å². The number of unbranched alkanes of at least 4 members (excludes halogenated alkanes) is 2. The summed E-state index contributed by atoms with van der Waals surface area (Å²) in [5.41, 5.74) is 5.56. The van der Waals surface area contributed by atoms with Crippen LogP contribution in [-0.2, 0) is 12.8 Å². The zero-order chi connectivity index (χ0) is 13.7. The molecule has 2 nitrogen and oxygen atoms in total. The van der Waals surface area contributed by atoms with E-state index in [9.17, 15) is 0 Å². The van der Waals surface area contributed by atoms with Gasteiger partial charge in [0.25, 0.3) is 0 Å². The summed E-state index contributed by atoms with van der Waals surface area (Å²) >= 11 is 0. The quantitative estimate of drug-likeness (QED) is 0.767. The number of aryl methyl sites for hydroxylation is 5. The van der Waals surface area contributed by atoms with E-state index in [2.05, 4.69) is 42.0 Å². The van der Waals surface area contributed by atoms with E-state index < -0.39 is 0 Å². The van der Waals surface area contributed by atoms with Crippen LogP contribution in [0.3, 0.4) is 0 Å². The molecule has 1 aromatic carbocycles. The van der Waals surface area contributed by atoms with Crippen molar-refractivity contribution < 1.29 is 0 Å². The number of rotatable bonds is 6. The molecule has 1 aromatic heterocycles. The highest BCUT2D eigenvalue weighted by Gasteiger charge is 2.00. The average molecular weight is 256 g/mol. The summed E-state index contributed by atoms with van der Waals surface area (Å²) in [4.78, 5) is 7.52. The van der Waals surface area contributed by atoms with Crippen molar-refractivity contribution in [2.75, 3.05) is 0 Å². The van der Waals surface area contributed by atoms with Crippen LogP contribution in [0.4, 0.5) is 0 Å². The Morgan fingerprint density at radius 2 is 1.79 bits per heavy atom. The van der Waals surface area contributed by atoms with Gasteiger partial charge in [-0.2, -0.15) is 0 Å². The monoisotopic (exact) mass is 256 g/mol. The predicted molar refractivity (Wildman–Crippen MR) is 80.5 cm³/mol. The highest BCUT2D eigenvalue weighted by Crippen LogP contribution is 2.14. The molecule has 1 heterocycles. The third-order valence-electron chi connectivity index (χ3n) is 3.65. The van der Waals surface area contributed by atoms with E-state index in [1.165, 1.54) is 48.1 Å². The smallest absolute Gasteiger partial charge is 0.103 e. The third kappa shape index (κ3) is 4.23. The Morgan fingerprint density at radius 3 is 2.47 bits per heavy atom. The molecule has 0 spiro atoms. The summed E-state index contributed by atoms with van der Waals surface area (Å²) < 4.78 is 0. The lowest BCUT2D eigenvalue weighted by Gasteiger charge is -2.06. The molecule has 0 aliphatic carbocycles. The van der Waals surface area contributed by atoms with E-state index >= 15 is 0 Å². The van der Waals surface area contributed by atoms with Crippen LogP contribution in [0.5, 0.6) is 0 Å². The normalized spacial score (nSPS) is 10.9. The molecule has 2 heteroatoms. The maximum atomic E-state index is 4.23. The molecule has 0 aliphatic rings. The van der Waals surface area contributed by atoms with Gasteiger partial charge in [-0.15, -0.1) is 0 Å². The zero-order valence-corrected chi connectivity index (χ0v) is 12.3. The SMILES string of the molecule is Cc1ccc(CCCCCc2cnc(C)[nH]2)c(C)c1. The number of nitrogens with one attached hydrogen (secondary N) is 1. The fraction of sp³-hybridized carbons (Fsp3) is 0.471. The Morgan fingerprint density at radius 1 is 1.00 bits per heavy atom. The molecule has 0 saturated heterocycles. The minimum Gasteiger partial charge on any atom is -0.346 e. The van der Waals surface area contributed by atoms with Crippen molar-refractivity contribution in [3.8, 4) is 0 Å². The largest absolute Gasteiger partial charge is 0.346 e. The van der Waals surface area contributed by atoms with E-state index in [4.69, 9.17) is 0 Å². The number of nitrogens with zero attached hydrogens (tertiary/aromatic N) is 1. The summed E-state index contributed by atoms with van der Waals surface area (Å²) in [5, 5.41) is 0. The summed E-state index contributed by atoms with van der Waals surface area (Å²) in [5.74, 6) is 1.02. The molecular formula is C17H24N2. The lowest BCUT2D eigenvalue weighted by molar-refractivity contribution is 0.671. The maximum Gasteiger partial charge on any atom is 0.103 e. The molecule has 0 radical (unpaired) electrons. The topological polar surface area (TPSA) is 28.7 Å². The second-order valence-electron chi connectivity index (χ2n) is 5.48. The van der Waals surface area contributed by atoms with Crippen molar-refractivity contribution in [3.05, 3.63) is 52.6 Å². The molecule has 0 aliphatic heterocycles. The number of imidazole rings is 1. The first-order chi connectivity index (χ1) is 9.15. The van der Waals surface area contributed by atoms with Gasteiger partial charge < -0.3 is 4.98 Å². The zero-order valence-electron chi connectivity index (χ0n) is 12.3. The first-order valence-corrected chi connectivity index (χ1v) is 7.22. The van der Waals surface area contributed by atoms with Crippen molar-refractivity contribution in [3.63, 3.8) is 0 Å². The van der Waals surface area contributed by atoms with E-state index in [-0.39, 0.29) is 0 Å². The first-order valence-electron chi connectivity index (χ1n) is 7.22. The number of benzene rings is 1. The van der Waals surface area contributed by atoms with E-state index in [0.29, 0.717) is 0 Å². The summed E-state index contributed by atoms with van der Waals surface area (Å²) in [6.45, 7) is 6.38. The van der Waals surface area contributed by atoms with Crippen molar-refractivity contribution in [2.45, 2.75) is 52.9 Å². The van der Waals surface area contributed by atoms with Crippen LogP contribution in [0, 0.1) is 20.8 Å². The Hall–Kier alpha value is -1.57. The molecule has 102 valence electrons. The Labute approximate surface area is 116 Å². The third-order valence-corrected chi connectivity index (χ3v) is 3.65. The average Bonchev–Trinajstić information content (AvgIpc) is 2.77. The summed E-state index contributed by atoms with van der Waals surface area (Å²) in [7, 11) is 0. The summed E-state index contributed by atoms with van der Waals surface area (Å²) in [6, 6.07) is 6.78. The number of hydrogen-bond donors (Lipinski definition) is 1.